The molecule has 1 amide bonds. The number of fused-ring (bicyclic) bond motifs is 1. The molecule has 0 saturated carbocycles. The first-order chi connectivity index (χ1) is 14.7. The predicted octanol–water partition coefficient (Wildman–Crippen LogP) is 7.06. The van der Waals surface area contributed by atoms with Crippen LogP contribution < -0.4 is 4.90 Å². The van der Waals surface area contributed by atoms with Crippen LogP contribution in [0, 0.1) is 13.8 Å². The van der Waals surface area contributed by atoms with Gasteiger partial charge in [-0.05, 0) is 53.6 Å². The molecule has 0 unspecified atom stereocenters. The van der Waals surface area contributed by atoms with Crippen molar-refractivity contribution in [3.05, 3.63) is 94.5 Å². The first kappa shape index (κ1) is 21.3. The minimum absolute atomic E-state index is 0.0290. The van der Waals surface area contributed by atoms with Gasteiger partial charge in [-0.15, -0.1) is 0 Å². The number of carbonyl (C=O) groups is 1. The maximum atomic E-state index is 13.6. The van der Waals surface area contributed by atoms with E-state index in [1.165, 1.54) is 11.1 Å². The van der Waals surface area contributed by atoms with Gasteiger partial charge < -0.3 is 0 Å². The third kappa shape index (κ3) is 4.40. The highest BCUT2D eigenvalue weighted by molar-refractivity contribution is 7.22. The normalized spacial score (nSPS) is 11.6. The van der Waals surface area contributed by atoms with Crippen molar-refractivity contribution in [2.45, 2.75) is 46.6 Å². The number of hydrogen-bond donors (Lipinski definition) is 0. The Kier molecular flexibility index (Phi) is 5.67. The summed E-state index contributed by atoms with van der Waals surface area (Å²) in [4.78, 5) is 20.4. The van der Waals surface area contributed by atoms with E-state index < -0.39 is 0 Å². The Morgan fingerprint density at radius 1 is 0.903 bits per heavy atom. The van der Waals surface area contributed by atoms with Crippen molar-refractivity contribution in [2.24, 2.45) is 0 Å². The molecule has 4 rings (SSSR count). The molecule has 0 bridgehead atoms. The Morgan fingerprint density at radius 3 is 2.16 bits per heavy atom. The van der Waals surface area contributed by atoms with Crippen LogP contribution >= 0.6 is 11.3 Å². The second-order valence-electron chi connectivity index (χ2n) is 9.08. The Morgan fingerprint density at radius 2 is 1.55 bits per heavy atom. The summed E-state index contributed by atoms with van der Waals surface area (Å²) in [5.74, 6) is -0.0290. The highest BCUT2D eigenvalue weighted by Gasteiger charge is 2.23. The molecule has 0 atom stereocenters. The van der Waals surface area contributed by atoms with Crippen LogP contribution in [0.1, 0.15) is 53.4 Å². The minimum atomic E-state index is -0.0290. The number of nitrogens with zero attached hydrogens (tertiary/aromatic N) is 2. The number of hydrogen-bond acceptors (Lipinski definition) is 3. The first-order valence-corrected chi connectivity index (χ1v) is 11.4. The second kappa shape index (κ2) is 8.27. The van der Waals surface area contributed by atoms with Crippen LogP contribution in [0.4, 0.5) is 5.13 Å². The maximum absolute atomic E-state index is 13.6. The minimum Gasteiger partial charge on any atom is -0.279 e. The van der Waals surface area contributed by atoms with E-state index in [0.717, 1.165) is 26.5 Å². The number of rotatable bonds is 4. The lowest BCUT2D eigenvalue weighted by Crippen LogP contribution is -2.30. The number of thiazole rings is 1. The number of amides is 1. The Labute approximate surface area is 188 Å². The molecule has 0 N–H and O–H groups in total. The SMILES string of the molecule is Cc1ccc(C)c2sc(N(Cc3ccccc3)C(=O)c3ccc(C(C)(C)C)cc3)nc12. The Balaban J connectivity index is 1.77. The molecule has 0 saturated heterocycles. The smallest absolute Gasteiger partial charge is 0.260 e. The highest BCUT2D eigenvalue weighted by Crippen LogP contribution is 2.34. The van der Waals surface area contributed by atoms with Gasteiger partial charge in [0.15, 0.2) is 5.13 Å². The summed E-state index contributed by atoms with van der Waals surface area (Å²) in [7, 11) is 0. The summed E-state index contributed by atoms with van der Waals surface area (Å²) in [5, 5.41) is 0.737. The molecular formula is C27H28N2OS. The van der Waals surface area contributed by atoms with Crippen LogP contribution in [0.5, 0.6) is 0 Å². The van der Waals surface area contributed by atoms with Crippen molar-refractivity contribution in [1.82, 2.24) is 4.98 Å². The lowest BCUT2D eigenvalue weighted by molar-refractivity contribution is 0.0985. The molecule has 1 heterocycles. The number of aryl methyl sites for hydroxylation is 2. The standard InChI is InChI=1S/C27H28N2OS/c1-18-11-12-19(2)24-23(18)28-26(31-24)29(17-20-9-7-6-8-10-20)25(30)21-13-15-22(16-14-21)27(3,4)5/h6-16H,17H2,1-5H3. The van der Waals surface area contributed by atoms with E-state index in [9.17, 15) is 4.79 Å². The fourth-order valence-corrected chi connectivity index (χ4v) is 4.73. The number of carbonyl (C=O) groups excluding carboxylic acids is 1. The topological polar surface area (TPSA) is 33.2 Å². The van der Waals surface area contributed by atoms with Crippen LogP contribution in [0.15, 0.2) is 66.7 Å². The third-order valence-electron chi connectivity index (χ3n) is 5.59. The van der Waals surface area contributed by atoms with Crippen LogP contribution in [-0.2, 0) is 12.0 Å². The molecule has 1 aromatic heterocycles. The van der Waals surface area contributed by atoms with E-state index in [0.29, 0.717) is 12.1 Å². The summed E-state index contributed by atoms with van der Waals surface area (Å²) >= 11 is 1.59. The van der Waals surface area contributed by atoms with Gasteiger partial charge in [-0.3, -0.25) is 9.69 Å². The molecule has 31 heavy (non-hydrogen) atoms. The number of aromatic nitrogens is 1. The lowest BCUT2D eigenvalue weighted by atomic mass is 9.86. The quantitative estimate of drug-likeness (QED) is 0.349. The summed E-state index contributed by atoms with van der Waals surface area (Å²) in [5.41, 5.74) is 6.31. The van der Waals surface area contributed by atoms with Gasteiger partial charge >= 0.3 is 0 Å². The van der Waals surface area contributed by atoms with E-state index in [1.807, 2.05) is 47.4 Å². The third-order valence-corrected chi connectivity index (χ3v) is 6.80. The first-order valence-electron chi connectivity index (χ1n) is 10.6. The van der Waals surface area contributed by atoms with Crippen LogP contribution in [0.3, 0.4) is 0 Å². The summed E-state index contributed by atoms with van der Waals surface area (Å²) < 4.78 is 1.14. The molecule has 0 aliphatic carbocycles. The molecule has 4 aromatic rings. The molecule has 4 heteroatoms. The van der Waals surface area contributed by atoms with Gasteiger partial charge in [-0.1, -0.05) is 86.7 Å². The van der Waals surface area contributed by atoms with E-state index in [-0.39, 0.29) is 11.3 Å². The second-order valence-corrected chi connectivity index (χ2v) is 10.1. The van der Waals surface area contributed by atoms with Crippen molar-refractivity contribution in [1.29, 1.82) is 0 Å². The molecule has 158 valence electrons. The van der Waals surface area contributed by atoms with E-state index in [1.54, 1.807) is 11.3 Å². The average Bonchev–Trinajstić information content (AvgIpc) is 3.21. The van der Waals surface area contributed by atoms with E-state index >= 15 is 0 Å². The number of anilines is 1. The molecule has 0 aliphatic heterocycles. The zero-order chi connectivity index (χ0) is 22.2. The summed E-state index contributed by atoms with van der Waals surface area (Å²) in [6.07, 6.45) is 0. The highest BCUT2D eigenvalue weighted by atomic mass is 32.1. The Hall–Kier alpha value is -2.98. The molecule has 0 aliphatic rings. The van der Waals surface area contributed by atoms with Gasteiger partial charge in [0.1, 0.15) is 0 Å². The molecular weight excluding hydrogens is 400 g/mol. The molecule has 3 aromatic carbocycles. The van der Waals surface area contributed by atoms with Crippen molar-refractivity contribution in [3.8, 4) is 0 Å². The van der Waals surface area contributed by atoms with Gasteiger partial charge in [0, 0.05) is 5.56 Å². The molecule has 0 radical (unpaired) electrons. The average molecular weight is 429 g/mol. The number of benzene rings is 3. The molecule has 3 nitrogen and oxygen atoms in total. The largest absolute Gasteiger partial charge is 0.279 e. The van der Waals surface area contributed by atoms with Gasteiger partial charge in [0.2, 0.25) is 0 Å². The van der Waals surface area contributed by atoms with Crippen LogP contribution in [0.25, 0.3) is 10.2 Å². The van der Waals surface area contributed by atoms with Crippen molar-refractivity contribution >= 4 is 32.6 Å². The lowest BCUT2D eigenvalue weighted by Gasteiger charge is -2.22. The fourth-order valence-electron chi connectivity index (χ4n) is 3.62. The summed E-state index contributed by atoms with van der Waals surface area (Å²) in [6, 6.07) is 22.3. The van der Waals surface area contributed by atoms with Crippen LogP contribution in [0.2, 0.25) is 0 Å². The fraction of sp³-hybridized carbons (Fsp3) is 0.259. The van der Waals surface area contributed by atoms with Crippen molar-refractivity contribution in [3.63, 3.8) is 0 Å². The molecule has 0 fully saturated rings. The van der Waals surface area contributed by atoms with Crippen LogP contribution in [-0.4, -0.2) is 10.9 Å². The van der Waals surface area contributed by atoms with Crippen molar-refractivity contribution in [2.75, 3.05) is 4.90 Å². The van der Waals surface area contributed by atoms with Gasteiger partial charge in [-0.2, -0.15) is 0 Å². The predicted molar refractivity (Wildman–Crippen MR) is 131 cm³/mol. The summed E-state index contributed by atoms with van der Waals surface area (Å²) in [6.45, 7) is 11.2. The van der Waals surface area contributed by atoms with E-state index in [2.05, 4.69) is 58.9 Å². The Bertz CT molecular complexity index is 1180. The van der Waals surface area contributed by atoms with E-state index in [4.69, 9.17) is 4.98 Å². The zero-order valence-electron chi connectivity index (χ0n) is 18.8. The zero-order valence-corrected chi connectivity index (χ0v) is 19.6. The van der Waals surface area contributed by atoms with Crippen molar-refractivity contribution < 1.29 is 4.79 Å². The maximum Gasteiger partial charge on any atom is 0.260 e. The van der Waals surface area contributed by atoms with Gasteiger partial charge in [0.05, 0.1) is 16.8 Å². The molecule has 0 spiro atoms. The van der Waals surface area contributed by atoms with Gasteiger partial charge in [-0.25, -0.2) is 4.98 Å². The monoisotopic (exact) mass is 428 g/mol. The van der Waals surface area contributed by atoms with Gasteiger partial charge in [0.25, 0.3) is 5.91 Å².